The van der Waals surface area contributed by atoms with Gasteiger partial charge in [-0.2, -0.15) is 11.8 Å². The number of aliphatic hydroxyl groups excluding tert-OH is 1. The number of aliphatic hydroxyl groups is 1. The number of sulfonamides is 1. The Hall–Kier alpha value is -1.07. The van der Waals surface area contributed by atoms with Crippen LogP contribution in [0.4, 0.5) is 4.39 Å². The van der Waals surface area contributed by atoms with Crippen LogP contribution in [-0.4, -0.2) is 38.2 Å². The Kier molecular flexibility index (Phi) is 7.18. The van der Waals surface area contributed by atoms with Crippen molar-refractivity contribution in [3.05, 3.63) is 29.6 Å². The van der Waals surface area contributed by atoms with Crippen LogP contribution in [0.25, 0.3) is 0 Å². The third-order valence-corrected chi connectivity index (χ3v) is 4.99. The maximum absolute atomic E-state index is 13.8. The van der Waals surface area contributed by atoms with Gasteiger partial charge < -0.3 is 5.11 Å². The molecular weight excluding hydrogens is 313 g/mol. The van der Waals surface area contributed by atoms with E-state index in [2.05, 4.69) is 16.6 Å². The molecule has 7 heteroatoms. The Labute approximate surface area is 129 Å². The van der Waals surface area contributed by atoms with E-state index < -0.39 is 15.8 Å². The third kappa shape index (κ3) is 5.32. The summed E-state index contributed by atoms with van der Waals surface area (Å²) in [6.07, 6.45) is 2.55. The van der Waals surface area contributed by atoms with Crippen LogP contribution in [0.3, 0.4) is 0 Å². The first-order chi connectivity index (χ1) is 9.94. The lowest BCUT2D eigenvalue weighted by atomic mass is 10.2. The number of hydrogen-bond acceptors (Lipinski definition) is 4. The predicted octanol–water partition coefficient (Wildman–Crippen LogP) is 1.59. The van der Waals surface area contributed by atoms with E-state index in [0.717, 1.165) is 6.07 Å². The zero-order valence-electron chi connectivity index (χ0n) is 11.9. The van der Waals surface area contributed by atoms with Crippen LogP contribution in [0.5, 0.6) is 0 Å². The van der Waals surface area contributed by atoms with Crippen LogP contribution in [-0.2, 0) is 10.0 Å². The van der Waals surface area contributed by atoms with Crippen molar-refractivity contribution in [1.82, 2.24) is 4.72 Å². The van der Waals surface area contributed by atoms with Gasteiger partial charge in [-0.25, -0.2) is 17.5 Å². The summed E-state index contributed by atoms with van der Waals surface area (Å²) in [4.78, 5) is -0.130. The van der Waals surface area contributed by atoms with Gasteiger partial charge in [0.15, 0.2) is 0 Å². The van der Waals surface area contributed by atoms with E-state index in [1.165, 1.54) is 12.1 Å². The summed E-state index contributed by atoms with van der Waals surface area (Å²) >= 11 is 1.54. The van der Waals surface area contributed by atoms with Crippen LogP contribution >= 0.6 is 11.8 Å². The van der Waals surface area contributed by atoms with Gasteiger partial charge in [-0.05, 0) is 30.9 Å². The molecule has 0 spiro atoms. The molecule has 0 amide bonds. The molecule has 1 atom stereocenters. The number of hydrogen-bond donors (Lipinski definition) is 2. The lowest BCUT2D eigenvalue weighted by Gasteiger charge is -2.16. The zero-order chi connectivity index (χ0) is 15.9. The molecule has 0 saturated carbocycles. The Morgan fingerprint density at radius 1 is 1.48 bits per heavy atom. The highest BCUT2D eigenvalue weighted by Crippen LogP contribution is 2.15. The molecule has 1 aromatic carbocycles. The molecule has 21 heavy (non-hydrogen) atoms. The summed E-state index contributed by atoms with van der Waals surface area (Å²) in [5, 5.41) is 8.58. The Bertz CT molecular complexity index is 635. The van der Waals surface area contributed by atoms with Crippen LogP contribution in [0.15, 0.2) is 23.1 Å². The minimum absolute atomic E-state index is 0.0548. The van der Waals surface area contributed by atoms with Crippen molar-refractivity contribution >= 4 is 21.8 Å². The van der Waals surface area contributed by atoms with E-state index in [9.17, 15) is 12.8 Å². The molecule has 0 aromatic heterocycles. The van der Waals surface area contributed by atoms with E-state index in [4.69, 9.17) is 5.11 Å². The minimum Gasteiger partial charge on any atom is -0.384 e. The second-order valence-corrected chi connectivity index (χ2v) is 6.91. The molecule has 0 aliphatic carbocycles. The van der Waals surface area contributed by atoms with Gasteiger partial charge in [-0.1, -0.05) is 18.8 Å². The summed E-state index contributed by atoms with van der Waals surface area (Å²) in [7, 11) is -3.75. The summed E-state index contributed by atoms with van der Waals surface area (Å²) in [6, 6.07) is 3.35. The average Bonchev–Trinajstić information content (AvgIpc) is 2.45. The van der Waals surface area contributed by atoms with Crippen LogP contribution in [0, 0.1) is 17.7 Å². The van der Waals surface area contributed by atoms with Crippen molar-refractivity contribution in [3.8, 4) is 11.8 Å². The molecule has 2 N–H and O–H groups in total. The monoisotopic (exact) mass is 331 g/mol. The van der Waals surface area contributed by atoms with Crippen molar-refractivity contribution in [2.75, 3.05) is 18.6 Å². The van der Waals surface area contributed by atoms with Gasteiger partial charge in [0.05, 0.1) is 10.5 Å². The van der Waals surface area contributed by atoms with E-state index >= 15 is 0 Å². The summed E-state index contributed by atoms with van der Waals surface area (Å²) in [6.45, 7) is 1.51. The number of rotatable bonds is 6. The molecule has 0 bridgehead atoms. The van der Waals surface area contributed by atoms with Gasteiger partial charge in [0.2, 0.25) is 10.0 Å². The number of nitrogens with one attached hydrogen (secondary N) is 1. The SMILES string of the molecule is CCC(CSC)NS(=O)(=O)c1ccc(C#CCO)c(F)c1. The van der Waals surface area contributed by atoms with Gasteiger partial charge in [-0.3, -0.25) is 0 Å². The topological polar surface area (TPSA) is 66.4 Å². The first-order valence-corrected chi connectivity index (χ1v) is 9.22. The van der Waals surface area contributed by atoms with Crippen molar-refractivity contribution in [1.29, 1.82) is 0 Å². The van der Waals surface area contributed by atoms with Crippen molar-refractivity contribution < 1.29 is 17.9 Å². The van der Waals surface area contributed by atoms with Gasteiger partial charge >= 0.3 is 0 Å². The van der Waals surface area contributed by atoms with Gasteiger partial charge in [0.1, 0.15) is 12.4 Å². The minimum atomic E-state index is -3.75. The zero-order valence-corrected chi connectivity index (χ0v) is 13.5. The van der Waals surface area contributed by atoms with Crippen LogP contribution in [0.1, 0.15) is 18.9 Å². The average molecular weight is 331 g/mol. The quantitative estimate of drug-likeness (QED) is 0.777. The van der Waals surface area contributed by atoms with E-state index in [1.54, 1.807) is 11.8 Å². The van der Waals surface area contributed by atoms with Crippen molar-refractivity contribution in [2.24, 2.45) is 0 Å². The molecule has 0 fully saturated rings. The highest BCUT2D eigenvalue weighted by molar-refractivity contribution is 7.98. The maximum Gasteiger partial charge on any atom is 0.240 e. The maximum atomic E-state index is 13.8. The Morgan fingerprint density at radius 2 is 2.19 bits per heavy atom. The first-order valence-electron chi connectivity index (χ1n) is 6.35. The van der Waals surface area contributed by atoms with Gasteiger partial charge in [0, 0.05) is 11.8 Å². The second-order valence-electron chi connectivity index (χ2n) is 4.28. The Morgan fingerprint density at radius 3 is 2.71 bits per heavy atom. The van der Waals surface area contributed by atoms with Crippen molar-refractivity contribution in [2.45, 2.75) is 24.3 Å². The molecule has 1 aromatic rings. The standard InChI is InChI=1S/C14H18FNO3S2/c1-3-12(10-20-2)16-21(18,19)13-7-6-11(5-4-8-17)14(15)9-13/h6-7,9,12,16-17H,3,8,10H2,1-2H3. The molecule has 0 aliphatic heterocycles. The predicted molar refractivity (Wildman–Crippen MR) is 83.1 cm³/mol. The molecule has 4 nitrogen and oxygen atoms in total. The first kappa shape index (κ1) is 18.0. The highest BCUT2D eigenvalue weighted by Gasteiger charge is 2.19. The Balaban J connectivity index is 3.01. The molecule has 1 unspecified atom stereocenters. The van der Waals surface area contributed by atoms with Crippen LogP contribution in [0.2, 0.25) is 0 Å². The van der Waals surface area contributed by atoms with Crippen molar-refractivity contribution in [3.63, 3.8) is 0 Å². The summed E-state index contributed by atoms with van der Waals surface area (Å²) in [5.74, 6) is 4.67. The molecule has 1 rings (SSSR count). The fourth-order valence-corrected chi connectivity index (χ4v) is 3.78. The number of halogens is 1. The molecule has 0 radical (unpaired) electrons. The fourth-order valence-electron chi connectivity index (χ4n) is 1.62. The van der Waals surface area contributed by atoms with Gasteiger partial charge in [-0.15, -0.1) is 0 Å². The normalized spacial score (nSPS) is 12.6. The lowest BCUT2D eigenvalue weighted by Crippen LogP contribution is -2.36. The van der Waals surface area contributed by atoms with E-state index in [-0.39, 0.29) is 23.1 Å². The smallest absolute Gasteiger partial charge is 0.240 e. The fraction of sp³-hybridized carbons (Fsp3) is 0.429. The molecular formula is C14H18FNO3S2. The lowest BCUT2D eigenvalue weighted by molar-refractivity contribution is 0.350. The highest BCUT2D eigenvalue weighted by atomic mass is 32.2. The molecule has 116 valence electrons. The largest absolute Gasteiger partial charge is 0.384 e. The third-order valence-electron chi connectivity index (χ3n) is 2.74. The van der Waals surface area contributed by atoms with Crippen LogP contribution < -0.4 is 4.72 Å². The van der Waals surface area contributed by atoms with Gasteiger partial charge in [0.25, 0.3) is 0 Å². The van der Waals surface area contributed by atoms with E-state index in [0.29, 0.717) is 12.2 Å². The number of benzene rings is 1. The number of thioether (sulfide) groups is 1. The summed E-state index contributed by atoms with van der Waals surface area (Å²) in [5.41, 5.74) is 0.0548. The molecule has 0 aliphatic rings. The molecule has 0 heterocycles. The molecule has 0 saturated heterocycles. The van der Waals surface area contributed by atoms with E-state index in [1.807, 2.05) is 13.2 Å². The second kappa shape index (κ2) is 8.39. The summed E-state index contributed by atoms with van der Waals surface area (Å²) < 4.78 is 40.7.